The van der Waals surface area contributed by atoms with E-state index in [0.29, 0.717) is 11.5 Å². The summed E-state index contributed by atoms with van der Waals surface area (Å²) in [5.74, 6) is 1.28. The highest BCUT2D eigenvalue weighted by Gasteiger charge is 2.00. The molecular weight excluding hydrogens is 224 g/mol. The van der Waals surface area contributed by atoms with Gasteiger partial charge in [-0.2, -0.15) is 5.10 Å². The fourth-order valence-corrected chi connectivity index (χ4v) is 1.11. The minimum Gasteiger partial charge on any atom is -0.497 e. The van der Waals surface area contributed by atoms with Gasteiger partial charge in [0.05, 0.1) is 27.5 Å². The first-order chi connectivity index (χ1) is 8.19. The fourth-order valence-electron chi connectivity index (χ4n) is 1.11. The molecule has 0 saturated heterocycles. The van der Waals surface area contributed by atoms with Crippen LogP contribution in [-0.2, 0) is 4.74 Å². The van der Waals surface area contributed by atoms with Crippen molar-refractivity contribution in [1.29, 1.82) is 0 Å². The second-order valence-corrected chi connectivity index (χ2v) is 3.01. The normalized spacial score (nSPS) is 10.1. The number of amides is 1. The Morgan fingerprint density at radius 2 is 1.76 bits per heavy atom. The summed E-state index contributed by atoms with van der Waals surface area (Å²) >= 11 is 0. The van der Waals surface area contributed by atoms with Crippen molar-refractivity contribution >= 4 is 12.3 Å². The van der Waals surface area contributed by atoms with Crippen LogP contribution in [0.4, 0.5) is 4.79 Å². The summed E-state index contributed by atoms with van der Waals surface area (Å²) in [5, 5.41) is 3.70. The number of benzene rings is 1. The predicted molar refractivity (Wildman–Crippen MR) is 62.7 cm³/mol. The van der Waals surface area contributed by atoms with Crippen LogP contribution in [0.2, 0.25) is 0 Å². The predicted octanol–water partition coefficient (Wildman–Crippen LogP) is 1.39. The molecule has 0 atom stereocenters. The molecule has 0 aromatic heterocycles. The maximum Gasteiger partial charge on any atom is 0.427 e. The SMILES string of the molecule is COC(=O)N/N=C/c1cc(OC)cc(OC)c1. The molecule has 1 N–H and O–H groups in total. The Bertz CT molecular complexity index is 396. The molecule has 6 heteroatoms. The van der Waals surface area contributed by atoms with Gasteiger partial charge in [0.15, 0.2) is 0 Å². The molecule has 1 aromatic rings. The quantitative estimate of drug-likeness (QED) is 0.635. The van der Waals surface area contributed by atoms with Gasteiger partial charge < -0.3 is 14.2 Å². The highest BCUT2D eigenvalue weighted by Crippen LogP contribution is 2.21. The zero-order chi connectivity index (χ0) is 12.7. The molecule has 0 unspecified atom stereocenters. The van der Waals surface area contributed by atoms with E-state index < -0.39 is 6.09 Å². The van der Waals surface area contributed by atoms with Gasteiger partial charge in [0.2, 0.25) is 0 Å². The molecule has 6 nitrogen and oxygen atoms in total. The average molecular weight is 238 g/mol. The number of hydrogen-bond donors (Lipinski definition) is 1. The summed E-state index contributed by atoms with van der Waals surface area (Å²) in [5.41, 5.74) is 2.92. The monoisotopic (exact) mass is 238 g/mol. The lowest BCUT2D eigenvalue weighted by molar-refractivity contribution is 0.171. The molecule has 0 heterocycles. The molecule has 1 amide bonds. The van der Waals surface area contributed by atoms with E-state index in [1.165, 1.54) is 13.3 Å². The van der Waals surface area contributed by atoms with Gasteiger partial charge in [0, 0.05) is 11.6 Å². The highest BCUT2D eigenvalue weighted by molar-refractivity contribution is 5.82. The average Bonchev–Trinajstić information content (AvgIpc) is 2.37. The number of nitrogens with one attached hydrogen (secondary N) is 1. The van der Waals surface area contributed by atoms with E-state index in [9.17, 15) is 4.79 Å². The minimum absolute atomic E-state index is 0.629. The number of methoxy groups -OCH3 is 3. The minimum atomic E-state index is -0.629. The van der Waals surface area contributed by atoms with Crippen LogP contribution in [0, 0.1) is 0 Å². The Labute approximate surface area is 99.2 Å². The first kappa shape index (κ1) is 12.8. The summed E-state index contributed by atoms with van der Waals surface area (Å²) in [6, 6.07) is 5.25. The van der Waals surface area contributed by atoms with Gasteiger partial charge in [-0.1, -0.05) is 0 Å². The van der Waals surface area contributed by atoms with Crippen molar-refractivity contribution in [3.63, 3.8) is 0 Å². The summed E-state index contributed by atoms with van der Waals surface area (Å²) in [7, 11) is 4.38. The lowest BCUT2D eigenvalue weighted by atomic mass is 10.2. The molecule has 0 aliphatic heterocycles. The standard InChI is InChI=1S/C11H14N2O4/c1-15-9-4-8(5-10(6-9)16-2)7-12-13-11(14)17-3/h4-7H,1-3H3,(H,13,14)/b12-7+. The van der Waals surface area contributed by atoms with Gasteiger partial charge in [-0.05, 0) is 12.1 Å². The Hall–Kier alpha value is -2.24. The van der Waals surface area contributed by atoms with Crippen molar-refractivity contribution in [1.82, 2.24) is 5.43 Å². The van der Waals surface area contributed by atoms with Crippen molar-refractivity contribution in [3.8, 4) is 11.5 Å². The number of carbonyl (C=O) groups is 1. The van der Waals surface area contributed by atoms with Crippen LogP contribution in [0.25, 0.3) is 0 Å². The number of nitrogens with zero attached hydrogens (tertiary/aromatic N) is 1. The van der Waals surface area contributed by atoms with Crippen LogP contribution < -0.4 is 14.9 Å². The Kier molecular flexibility index (Phi) is 4.80. The molecule has 92 valence electrons. The van der Waals surface area contributed by atoms with Crippen LogP contribution >= 0.6 is 0 Å². The Morgan fingerprint density at radius 3 is 2.24 bits per heavy atom. The smallest absolute Gasteiger partial charge is 0.427 e. The zero-order valence-corrected chi connectivity index (χ0v) is 9.89. The summed E-state index contributed by atoms with van der Waals surface area (Å²) in [6.07, 6.45) is 0.832. The summed E-state index contributed by atoms with van der Waals surface area (Å²) < 4.78 is 14.5. The van der Waals surface area contributed by atoms with Crippen molar-refractivity contribution in [2.45, 2.75) is 0 Å². The Balaban J connectivity index is 2.79. The van der Waals surface area contributed by atoms with Crippen LogP contribution in [-0.4, -0.2) is 33.6 Å². The molecule has 0 bridgehead atoms. The van der Waals surface area contributed by atoms with E-state index in [-0.39, 0.29) is 0 Å². The third-order valence-electron chi connectivity index (χ3n) is 1.93. The third kappa shape index (κ3) is 4.02. The first-order valence-corrected chi connectivity index (χ1v) is 4.79. The lowest BCUT2D eigenvalue weighted by Crippen LogP contribution is -2.16. The van der Waals surface area contributed by atoms with Crippen molar-refractivity contribution in [3.05, 3.63) is 23.8 Å². The van der Waals surface area contributed by atoms with E-state index in [1.54, 1.807) is 32.4 Å². The molecule has 1 aromatic carbocycles. The van der Waals surface area contributed by atoms with Crippen LogP contribution in [0.5, 0.6) is 11.5 Å². The number of hydrazone groups is 1. The molecule has 0 spiro atoms. The molecule has 0 aliphatic carbocycles. The number of rotatable bonds is 4. The van der Waals surface area contributed by atoms with Crippen molar-refractivity contribution < 1.29 is 19.0 Å². The van der Waals surface area contributed by atoms with Crippen LogP contribution in [0.1, 0.15) is 5.56 Å². The molecule has 0 fully saturated rings. The summed E-state index contributed by atoms with van der Waals surface area (Å²) in [6.45, 7) is 0. The van der Waals surface area contributed by atoms with E-state index >= 15 is 0 Å². The molecule has 17 heavy (non-hydrogen) atoms. The fraction of sp³-hybridized carbons (Fsp3) is 0.273. The van der Waals surface area contributed by atoms with E-state index in [2.05, 4.69) is 15.3 Å². The third-order valence-corrected chi connectivity index (χ3v) is 1.93. The van der Waals surface area contributed by atoms with E-state index in [1.807, 2.05) is 0 Å². The van der Waals surface area contributed by atoms with Gasteiger partial charge in [-0.15, -0.1) is 0 Å². The van der Waals surface area contributed by atoms with Gasteiger partial charge in [0.1, 0.15) is 11.5 Å². The van der Waals surface area contributed by atoms with E-state index in [4.69, 9.17) is 9.47 Å². The van der Waals surface area contributed by atoms with Crippen molar-refractivity contribution in [2.24, 2.45) is 5.10 Å². The second-order valence-electron chi connectivity index (χ2n) is 3.01. The lowest BCUT2D eigenvalue weighted by Gasteiger charge is -2.05. The number of carbonyl (C=O) groups excluding carboxylic acids is 1. The van der Waals surface area contributed by atoms with Crippen LogP contribution in [0.3, 0.4) is 0 Å². The molecule has 1 rings (SSSR count). The number of ether oxygens (including phenoxy) is 3. The zero-order valence-electron chi connectivity index (χ0n) is 9.89. The maximum atomic E-state index is 10.8. The molecule has 0 saturated carbocycles. The maximum absolute atomic E-state index is 10.8. The topological polar surface area (TPSA) is 69.2 Å². The van der Waals surface area contributed by atoms with Gasteiger partial charge >= 0.3 is 6.09 Å². The second kappa shape index (κ2) is 6.37. The largest absolute Gasteiger partial charge is 0.497 e. The molecular formula is C11H14N2O4. The van der Waals surface area contributed by atoms with Crippen molar-refractivity contribution in [2.75, 3.05) is 21.3 Å². The summed E-state index contributed by atoms with van der Waals surface area (Å²) in [4.78, 5) is 10.8. The van der Waals surface area contributed by atoms with E-state index in [0.717, 1.165) is 5.56 Å². The van der Waals surface area contributed by atoms with Gasteiger partial charge in [0.25, 0.3) is 0 Å². The molecule has 0 aliphatic rings. The van der Waals surface area contributed by atoms with Crippen LogP contribution in [0.15, 0.2) is 23.3 Å². The number of hydrogen-bond acceptors (Lipinski definition) is 5. The molecule has 0 radical (unpaired) electrons. The first-order valence-electron chi connectivity index (χ1n) is 4.79. The van der Waals surface area contributed by atoms with Gasteiger partial charge in [-0.3, -0.25) is 0 Å². The van der Waals surface area contributed by atoms with Gasteiger partial charge in [-0.25, -0.2) is 10.2 Å². The highest BCUT2D eigenvalue weighted by atomic mass is 16.5. The Morgan fingerprint density at radius 1 is 1.18 bits per heavy atom.